The number of carbonyl (C=O) groups excluding carboxylic acids is 1. The van der Waals surface area contributed by atoms with Crippen LogP contribution in [0.2, 0.25) is 0 Å². The average molecular weight is 272 g/mol. The largest absolute Gasteiger partial charge is 0.460 e. The van der Waals surface area contributed by atoms with E-state index in [0.29, 0.717) is 5.69 Å². The van der Waals surface area contributed by atoms with Crippen molar-refractivity contribution in [3.8, 4) is 0 Å². The summed E-state index contributed by atoms with van der Waals surface area (Å²) in [4.78, 5) is 16.3. The SMILES string of the molecule is CC(C)(C)OC(=O)CC(N)c1ccc2ccccc2n1. The molecule has 0 aliphatic heterocycles. The monoisotopic (exact) mass is 272 g/mol. The Morgan fingerprint density at radius 3 is 2.65 bits per heavy atom. The highest BCUT2D eigenvalue weighted by Gasteiger charge is 2.20. The molecule has 0 saturated heterocycles. The Labute approximate surface area is 119 Å². The Hall–Kier alpha value is -1.94. The van der Waals surface area contributed by atoms with E-state index < -0.39 is 11.6 Å². The second-order valence-electron chi connectivity index (χ2n) is 5.83. The van der Waals surface area contributed by atoms with Gasteiger partial charge >= 0.3 is 5.97 Å². The third-order valence-electron chi connectivity index (χ3n) is 2.81. The zero-order chi connectivity index (χ0) is 14.8. The van der Waals surface area contributed by atoms with Gasteiger partial charge < -0.3 is 10.5 Å². The number of rotatable bonds is 3. The zero-order valence-electron chi connectivity index (χ0n) is 12.1. The van der Waals surface area contributed by atoms with Crippen molar-refractivity contribution >= 4 is 16.9 Å². The van der Waals surface area contributed by atoms with Crippen LogP contribution >= 0.6 is 0 Å². The topological polar surface area (TPSA) is 65.2 Å². The average Bonchev–Trinajstić information content (AvgIpc) is 2.35. The molecule has 0 saturated carbocycles. The van der Waals surface area contributed by atoms with Crippen LogP contribution in [-0.2, 0) is 9.53 Å². The number of benzene rings is 1. The minimum absolute atomic E-state index is 0.128. The lowest BCUT2D eigenvalue weighted by Gasteiger charge is -2.20. The van der Waals surface area contributed by atoms with E-state index in [-0.39, 0.29) is 12.4 Å². The van der Waals surface area contributed by atoms with Crippen LogP contribution in [0.25, 0.3) is 10.9 Å². The highest BCUT2D eigenvalue weighted by atomic mass is 16.6. The third-order valence-corrected chi connectivity index (χ3v) is 2.81. The van der Waals surface area contributed by atoms with E-state index in [1.54, 1.807) is 0 Å². The second-order valence-corrected chi connectivity index (χ2v) is 5.83. The van der Waals surface area contributed by atoms with Crippen LogP contribution in [0.5, 0.6) is 0 Å². The molecule has 1 unspecified atom stereocenters. The Morgan fingerprint density at radius 2 is 1.95 bits per heavy atom. The first-order valence-electron chi connectivity index (χ1n) is 6.68. The summed E-state index contributed by atoms with van der Waals surface area (Å²) in [6.45, 7) is 5.51. The van der Waals surface area contributed by atoms with E-state index in [1.807, 2.05) is 57.2 Å². The molecule has 2 aromatic rings. The van der Waals surface area contributed by atoms with Crippen molar-refractivity contribution in [2.45, 2.75) is 38.8 Å². The highest BCUT2D eigenvalue weighted by molar-refractivity contribution is 5.78. The maximum absolute atomic E-state index is 11.8. The van der Waals surface area contributed by atoms with Gasteiger partial charge in [-0.3, -0.25) is 9.78 Å². The van der Waals surface area contributed by atoms with Gasteiger partial charge in [0, 0.05) is 5.39 Å². The molecule has 0 aliphatic carbocycles. The summed E-state index contributed by atoms with van der Waals surface area (Å²) in [5.41, 5.74) is 7.13. The first-order chi connectivity index (χ1) is 9.35. The number of hydrogen-bond acceptors (Lipinski definition) is 4. The molecule has 4 heteroatoms. The Kier molecular flexibility index (Phi) is 4.04. The molecule has 0 bridgehead atoms. The van der Waals surface area contributed by atoms with Gasteiger partial charge in [-0.05, 0) is 32.9 Å². The summed E-state index contributed by atoms with van der Waals surface area (Å²) >= 11 is 0. The van der Waals surface area contributed by atoms with Gasteiger partial charge in [-0.2, -0.15) is 0 Å². The van der Waals surface area contributed by atoms with Crippen molar-refractivity contribution in [2.75, 3.05) is 0 Å². The Balaban J connectivity index is 2.11. The summed E-state index contributed by atoms with van der Waals surface area (Å²) in [7, 11) is 0. The summed E-state index contributed by atoms with van der Waals surface area (Å²) in [5, 5.41) is 1.06. The maximum Gasteiger partial charge on any atom is 0.308 e. The number of nitrogens with zero attached hydrogens (tertiary/aromatic N) is 1. The normalized spacial score (nSPS) is 13.2. The molecule has 1 atom stereocenters. The van der Waals surface area contributed by atoms with Crippen LogP contribution in [0.15, 0.2) is 36.4 Å². The molecule has 4 nitrogen and oxygen atoms in total. The van der Waals surface area contributed by atoms with Crippen LogP contribution in [-0.4, -0.2) is 16.6 Å². The molecule has 1 aromatic heterocycles. The van der Waals surface area contributed by atoms with E-state index in [0.717, 1.165) is 10.9 Å². The lowest BCUT2D eigenvalue weighted by Crippen LogP contribution is -2.26. The Bertz CT molecular complexity index is 617. The number of ether oxygens (including phenoxy) is 1. The molecule has 106 valence electrons. The van der Waals surface area contributed by atoms with Crippen molar-refractivity contribution in [3.05, 3.63) is 42.1 Å². The van der Waals surface area contributed by atoms with Crippen molar-refractivity contribution < 1.29 is 9.53 Å². The molecule has 0 amide bonds. The third kappa shape index (κ3) is 3.78. The number of esters is 1. The fraction of sp³-hybridized carbons (Fsp3) is 0.375. The molecule has 1 aromatic carbocycles. The van der Waals surface area contributed by atoms with Crippen molar-refractivity contribution in [3.63, 3.8) is 0 Å². The molecule has 1 heterocycles. The molecule has 20 heavy (non-hydrogen) atoms. The van der Waals surface area contributed by atoms with Crippen molar-refractivity contribution in [1.82, 2.24) is 4.98 Å². The van der Waals surface area contributed by atoms with Crippen LogP contribution in [0, 0.1) is 0 Å². The van der Waals surface area contributed by atoms with Gasteiger partial charge in [0.15, 0.2) is 0 Å². The number of aromatic nitrogens is 1. The van der Waals surface area contributed by atoms with Crippen LogP contribution in [0.3, 0.4) is 0 Å². The first kappa shape index (κ1) is 14.5. The fourth-order valence-electron chi connectivity index (χ4n) is 1.96. The first-order valence-corrected chi connectivity index (χ1v) is 6.68. The molecular formula is C16H20N2O2. The smallest absolute Gasteiger partial charge is 0.308 e. The molecular weight excluding hydrogens is 252 g/mol. The van der Waals surface area contributed by atoms with Gasteiger partial charge in [0.1, 0.15) is 5.60 Å². The number of para-hydroxylation sites is 1. The number of nitrogens with two attached hydrogens (primary N) is 1. The molecule has 0 aliphatic rings. The van der Waals surface area contributed by atoms with E-state index in [2.05, 4.69) is 4.98 Å². The molecule has 0 radical (unpaired) electrons. The van der Waals surface area contributed by atoms with E-state index in [9.17, 15) is 4.79 Å². The van der Waals surface area contributed by atoms with Gasteiger partial charge in [-0.25, -0.2) is 0 Å². The minimum Gasteiger partial charge on any atom is -0.460 e. The summed E-state index contributed by atoms with van der Waals surface area (Å²) < 4.78 is 5.27. The molecule has 0 spiro atoms. The molecule has 2 rings (SSSR count). The standard InChI is InChI=1S/C16H20N2O2/c1-16(2,3)20-15(19)10-12(17)14-9-8-11-6-4-5-7-13(11)18-14/h4-9,12H,10,17H2,1-3H3. The van der Waals surface area contributed by atoms with Crippen LogP contribution in [0.1, 0.15) is 38.9 Å². The second kappa shape index (κ2) is 5.59. The number of fused-ring (bicyclic) bond motifs is 1. The van der Waals surface area contributed by atoms with Gasteiger partial charge in [-0.15, -0.1) is 0 Å². The number of carbonyl (C=O) groups is 1. The molecule has 2 N–H and O–H groups in total. The fourth-order valence-corrected chi connectivity index (χ4v) is 1.96. The predicted molar refractivity (Wildman–Crippen MR) is 79.1 cm³/mol. The van der Waals surface area contributed by atoms with Gasteiger partial charge in [0.2, 0.25) is 0 Å². The predicted octanol–water partition coefficient (Wildman–Crippen LogP) is 2.97. The van der Waals surface area contributed by atoms with Gasteiger partial charge in [-0.1, -0.05) is 24.3 Å². The summed E-state index contributed by atoms with van der Waals surface area (Å²) in [6.07, 6.45) is 0.128. The minimum atomic E-state index is -0.492. The van der Waals surface area contributed by atoms with E-state index in [1.165, 1.54) is 0 Å². The zero-order valence-corrected chi connectivity index (χ0v) is 12.1. The number of hydrogen-bond donors (Lipinski definition) is 1. The van der Waals surface area contributed by atoms with E-state index >= 15 is 0 Å². The van der Waals surface area contributed by atoms with Gasteiger partial charge in [0.05, 0.1) is 23.7 Å². The van der Waals surface area contributed by atoms with Crippen molar-refractivity contribution in [1.29, 1.82) is 0 Å². The highest BCUT2D eigenvalue weighted by Crippen LogP contribution is 2.19. The van der Waals surface area contributed by atoms with E-state index in [4.69, 9.17) is 10.5 Å². The maximum atomic E-state index is 11.8. The summed E-state index contributed by atoms with van der Waals surface area (Å²) in [6, 6.07) is 11.2. The lowest BCUT2D eigenvalue weighted by molar-refractivity contribution is -0.155. The van der Waals surface area contributed by atoms with Crippen molar-refractivity contribution in [2.24, 2.45) is 5.73 Å². The van der Waals surface area contributed by atoms with Gasteiger partial charge in [0.25, 0.3) is 0 Å². The molecule has 0 fully saturated rings. The van der Waals surface area contributed by atoms with Crippen LogP contribution in [0.4, 0.5) is 0 Å². The lowest BCUT2D eigenvalue weighted by atomic mass is 10.1. The summed E-state index contributed by atoms with van der Waals surface area (Å²) in [5.74, 6) is -0.306. The van der Waals surface area contributed by atoms with Crippen LogP contribution < -0.4 is 5.73 Å². The Morgan fingerprint density at radius 1 is 1.25 bits per heavy atom. The number of pyridine rings is 1. The quantitative estimate of drug-likeness (QED) is 0.872.